The standard InChI is InChI=1S/C24H24N2O3S/c1-14(25-23(28)29-24(2,3)4)15-5-7-16(8-6-15)17-9-10-20-19(13-17)18-11-12-30-21(18)22(27)26-20/h5-14H,1-4H3,(H,25,28)(H,26,27)/t14-/m1/s1. The van der Waals surface area contributed by atoms with Crippen molar-refractivity contribution in [2.75, 3.05) is 0 Å². The minimum absolute atomic E-state index is 0.0453. The molecule has 0 spiro atoms. The summed E-state index contributed by atoms with van der Waals surface area (Å²) in [6, 6.07) is 16.0. The Bertz CT molecular complexity index is 1280. The van der Waals surface area contributed by atoms with Crippen LogP contribution < -0.4 is 10.9 Å². The van der Waals surface area contributed by atoms with Gasteiger partial charge in [-0.05, 0) is 68.0 Å². The van der Waals surface area contributed by atoms with Crippen LogP contribution in [-0.4, -0.2) is 16.7 Å². The van der Waals surface area contributed by atoms with Gasteiger partial charge in [-0.2, -0.15) is 0 Å². The molecular weight excluding hydrogens is 396 g/mol. The summed E-state index contributed by atoms with van der Waals surface area (Å²) in [6.45, 7) is 7.46. The van der Waals surface area contributed by atoms with Crippen LogP contribution in [0.5, 0.6) is 0 Å². The Morgan fingerprint density at radius 1 is 1.03 bits per heavy atom. The van der Waals surface area contributed by atoms with Crippen molar-refractivity contribution >= 4 is 38.4 Å². The Labute approximate surface area is 178 Å². The maximum atomic E-state index is 12.2. The second kappa shape index (κ2) is 7.61. The number of fused-ring (bicyclic) bond motifs is 3. The Morgan fingerprint density at radius 3 is 2.43 bits per heavy atom. The van der Waals surface area contributed by atoms with Crippen LogP contribution >= 0.6 is 11.3 Å². The predicted octanol–water partition coefficient (Wildman–Crippen LogP) is 6.00. The topological polar surface area (TPSA) is 71.2 Å². The van der Waals surface area contributed by atoms with E-state index in [2.05, 4.69) is 16.4 Å². The van der Waals surface area contributed by atoms with Gasteiger partial charge in [0.25, 0.3) is 5.56 Å². The van der Waals surface area contributed by atoms with Crippen molar-refractivity contribution in [3.05, 3.63) is 69.8 Å². The number of nitrogens with one attached hydrogen (secondary N) is 2. The minimum atomic E-state index is -0.526. The molecule has 1 amide bonds. The van der Waals surface area contributed by atoms with Gasteiger partial charge in [0.2, 0.25) is 0 Å². The van der Waals surface area contributed by atoms with Crippen LogP contribution in [0.15, 0.2) is 58.7 Å². The Morgan fingerprint density at radius 2 is 1.73 bits per heavy atom. The SMILES string of the molecule is C[C@@H](NC(=O)OC(C)(C)C)c1ccc(-c2ccc3[nH]c(=O)c4sccc4c3c2)cc1. The number of carbonyl (C=O) groups is 1. The lowest BCUT2D eigenvalue weighted by Crippen LogP contribution is -2.34. The first kappa shape index (κ1) is 20.2. The fourth-order valence-corrected chi connectivity index (χ4v) is 4.27. The van der Waals surface area contributed by atoms with Crippen LogP contribution in [0, 0.1) is 0 Å². The summed E-state index contributed by atoms with van der Waals surface area (Å²) in [7, 11) is 0. The van der Waals surface area contributed by atoms with Crippen molar-refractivity contribution in [3.63, 3.8) is 0 Å². The number of rotatable bonds is 3. The molecule has 2 N–H and O–H groups in total. The number of hydrogen-bond donors (Lipinski definition) is 2. The van der Waals surface area contributed by atoms with Crippen molar-refractivity contribution in [1.29, 1.82) is 0 Å². The van der Waals surface area contributed by atoms with E-state index in [1.807, 2.05) is 75.5 Å². The van der Waals surface area contributed by atoms with Gasteiger partial charge in [-0.15, -0.1) is 11.3 Å². The zero-order chi connectivity index (χ0) is 21.5. The summed E-state index contributed by atoms with van der Waals surface area (Å²) in [5.74, 6) is 0. The molecule has 1 atom stereocenters. The third kappa shape index (κ3) is 4.09. The van der Waals surface area contributed by atoms with Crippen molar-refractivity contribution < 1.29 is 9.53 Å². The number of amides is 1. The number of hydrogen-bond acceptors (Lipinski definition) is 4. The fraction of sp³-hybridized carbons (Fsp3) is 0.250. The summed E-state index contributed by atoms with van der Waals surface area (Å²) in [6.07, 6.45) is -0.428. The maximum absolute atomic E-state index is 12.2. The van der Waals surface area contributed by atoms with E-state index in [1.165, 1.54) is 11.3 Å². The van der Waals surface area contributed by atoms with Gasteiger partial charge in [0.1, 0.15) is 10.3 Å². The lowest BCUT2D eigenvalue weighted by molar-refractivity contribution is 0.0508. The highest BCUT2D eigenvalue weighted by Gasteiger charge is 2.18. The van der Waals surface area contributed by atoms with Crippen molar-refractivity contribution in [2.45, 2.75) is 39.3 Å². The number of pyridine rings is 1. The van der Waals surface area contributed by atoms with Crippen LogP contribution in [-0.2, 0) is 4.74 Å². The molecule has 2 aromatic heterocycles. The number of aromatic amines is 1. The van der Waals surface area contributed by atoms with E-state index in [-0.39, 0.29) is 11.6 Å². The van der Waals surface area contributed by atoms with Crippen LogP contribution in [0.4, 0.5) is 4.79 Å². The van der Waals surface area contributed by atoms with E-state index in [0.29, 0.717) is 0 Å². The Balaban J connectivity index is 1.59. The van der Waals surface area contributed by atoms with E-state index in [9.17, 15) is 9.59 Å². The first-order valence-corrected chi connectivity index (χ1v) is 10.7. The van der Waals surface area contributed by atoms with Gasteiger partial charge in [0, 0.05) is 16.3 Å². The number of benzene rings is 2. The molecule has 2 heterocycles. The smallest absolute Gasteiger partial charge is 0.408 e. The van der Waals surface area contributed by atoms with Gasteiger partial charge in [-0.25, -0.2) is 4.79 Å². The zero-order valence-electron chi connectivity index (χ0n) is 17.4. The highest BCUT2D eigenvalue weighted by molar-refractivity contribution is 7.17. The molecule has 154 valence electrons. The first-order valence-electron chi connectivity index (χ1n) is 9.84. The number of thiophene rings is 1. The average Bonchev–Trinajstić information content (AvgIpc) is 3.17. The van der Waals surface area contributed by atoms with Gasteiger partial charge >= 0.3 is 6.09 Å². The Hall–Kier alpha value is -3.12. The number of aromatic nitrogens is 1. The van der Waals surface area contributed by atoms with Crippen LogP contribution in [0.1, 0.15) is 39.3 Å². The monoisotopic (exact) mass is 420 g/mol. The van der Waals surface area contributed by atoms with E-state index in [4.69, 9.17) is 4.74 Å². The lowest BCUT2D eigenvalue weighted by atomic mass is 9.99. The van der Waals surface area contributed by atoms with E-state index < -0.39 is 11.7 Å². The minimum Gasteiger partial charge on any atom is -0.444 e. The molecule has 0 unspecified atom stereocenters. The molecule has 0 aliphatic heterocycles. The van der Waals surface area contributed by atoms with Gasteiger partial charge in [0.15, 0.2) is 0 Å². The number of ether oxygens (including phenoxy) is 1. The second-order valence-electron chi connectivity index (χ2n) is 8.37. The number of alkyl carbamates (subject to hydrolysis) is 1. The normalized spacial score (nSPS) is 12.8. The van der Waals surface area contributed by atoms with Crippen LogP contribution in [0.2, 0.25) is 0 Å². The van der Waals surface area contributed by atoms with E-state index >= 15 is 0 Å². The van der Waals surface area contributed by atoms with Crippen molar-refractivity contribution in [2.24, 2.45) is 0 Å². The zero-order valence-corrected chi connectivity index (χ0v) is 18.2. The quantitative estimate of drug-likeness (QED) is 0.427. The molecule has 0 fully saturated rings. The summed E-state index contributed by atoms with van der Waals surface area (Å²) in [5.41, 5.74) is 3.40. The molecule has 0 saturated heterocycles. The third-order valence-corrected chi connectivity index (χ3v) is 5.82. The number of H-pyrrole nitrogens is 1. The highest BCUT2D eigenvalue weighted by atomic mass is 32.1. The maximum Gasteiger partial charge on any atom is 0.408 e. The molecule has 4 aromatic rings. The molecule has 4 rings (SSSR count). The van der Waals surface area contributed by atoms with Crippen molar-refractivity contribution in [3.8, 4) is 11.1 Å². The molecule has 6 heteroatoms. The summed E-state index contributed by atoms with van der Waals surface area (Å²) in [4.78, 5) is 27.1. The largest absolute Gasteiger partial charge is 0.444 e. The third-order valence-electron chi connectivity index (χ3n) is 4.91. The Kier molecular flexibility index (Phi) is 5.12. The summed E-state index contributed by atoms with van der Waals surface area (Å²) < 4.78 is 6.07. The molecule has 0 radical (unpaired) electrons. The lowest BCUT2D eigenvalue weighted by Gasteiger charge is -2.22. The molecule has 0 aliphatic rings. The van der Waals surface area contributed by atoms with Gasteiger partial charge < -0.3 is 15.0 Å². The molecule has 0 saturated carbocycles. The van der Waals surface area contributed by atoms with Crippen LogP contribution in [0.25, 0.3) is 32.1 Å². The van der Waals surface area contributed by atoms with Crippen LogP contribution in [0.3, 0.4) is 0 Å². The molecule has 5 nitrogen and oxygen atoms in total. The molecule has 0 aliphatic carbocycles. The predicted molar refractivity (Wildman–Crippen MR) is 123 cm³/mol. The molecular formula is C24H24N2O3S. The van der Waals surface area contributed by atoms with E-state index in [0.717, 1.165) is 37.7 Å². The first-order chi connectivity index (χ1) is 14.2. The fourth-order valence-electron chi connectivity index (χ4n) is 3.46. The molecule has 0 bridgehead atoms. The second-order valence-corrected chi connectivity index (χ2v) is 9.28. The summed E-state index contributed by atoms with van der Waals surface area (Å²) in [5, 5.41) is 6.82. The average molecular weight is 421 g/mol. The summed E-state index contributed by atoms with van der Waals surface area (Å²) >= 11 is 1.46. The highest BCUT2D eigenvalue weighted by Crippen LogP contribution is 2.30. The van der Waals surface area contributed by atoms with Gasteiger partial charge in [-0.3, -0.25) is 4.79 Å². The van der Waals surface area contributed by atoms with Crippen molar-refractivity contribution in [1.82, 2.24) is 10.3 Å². The molecule has 2 aromatic carbocycles. The van der Waals surface area contributed by atoms with Gasteiger partial charge in [0.05, 0.1) is 6.04 Å². The van der Waals surface area contributed by atoms with E-state index in [1.54, 1.807) is 0 Å². The van der Waals surface area contributed by atoms with Gasteiger partial charge in [-0.1, -0.05) is 30.3 Å². The number of carbonyl (C=O) groups excluding carboxylic acids is 1. The molecule has 30 heavy (non-hydrogen) atoms.